The van der Waals surface area contributed by atoms with Crippen molar-refractivity contribution in [2.75, 3.05) is 31.6 Å². The lowest BCUT2D eigenvalue weighted by molar-refractivity contribution is 0.414. The lowest BCUT2D eigenvalue weighted by atomic mass is 10.2. The highest BCUT2D eigenvalue weighted by Gasteiger charge is 2.17. The number of halogens is 1. The molecule has 0 spiro atoms. The topological polar surface area (TPSA) is 24.5 Å². The Labute approximate surface area is 118 Å². The zero-order valence-corrected chi connectivity index (χ0v) is 12.7. The van der Waals surface area contributed by atoms with Crippen molar-refractivity contribution in [2.45, 2.75) is 25.8 Å². The van der Waals surface area contributed by atoms with Crippen molar-refractivity contribution in [2.24, 2.45) is 0 Å². The first kappa shape index (κ1) is 13.7. The molecule has 1 aromatic carbocycles. The standard InChI is InChI=1S/C14H21BrN2O/c1-3-12-10-17(6-4-5-16-12)13-7-11(15)8-14(9-13)18-2/h7-9,12,16H,3-6,10H2,1-2H3. The number of ether oxygens (including phenoxy) is 1. The van der Waals surface area contributed by atoms with E-state index in [9.17, 15) is 0 Å². The fraction of sp³-hybridized carbons (Fsp3) is 0.571. The summed E-state index contributed by atoms with van der Waals surface area (Å²) in [5.74, 6) is 0.907. The van der Waals surface area contributed by atoms with Crippen LogP contribution in [0.5, 0.6) is 5.75 Å². The maximum atomic E-state index is 5.34. The maximum absolute atomic E-state index is 5.34. The number of hydrogen-bond acceptors (Lipinski definition) is 3. The van der Waals surface area contributed by atoms with Crippen molar-refractivity contribution in [1.29, 1.82) is 0 Å². The largest absolute Gasteiger partial charge is 0.497 e. The number of benzene rings is 1. The van der Waals surface area contributed by atoms with Crippen LogP contribution >= 0.6 is 15.9 Å². The van der Waals surface area contributed by atoms with Gasteiger partial charge in [-0.1, -0.05) is 22.9 Å². The summed E-state index contributed by atoms with van der Waals surface area (Å²) < 4.78 is 6.41. The molecule has 1 saturated heterocycles. The summed E-state index contributed by atoms with van der Waals surface area (Å²) >= 11 is 3.55. The highest BCUT2D eigenvalue weighted by atomic mass is 79.9. The molecule has 4 heteroatoms. The highest BCUT2D eigenvalue weighted by molar-refractivity contribution is 9.10. The second-order valence-electron chi connectivity index (χ2n) is 4.71. The lowest BCUT2D eigenvalue weighted by Gasteiger charge is -2.26. The van der Waals surface area contributed by atoms with Gasteiger partial charge < -0.3 is 15.0 Å². The number of nitrogens with zero attached hydrogens (tertiary/aromatic N) is 1. The summed E-state index contributed by atoms with van der Waals surface area (Å²) in [4.78, 5) is 2.45. The molecule has 18 heavy (non-hydrogen) atoms. The van der Waals surface area contributed by atoms with Gasteiger partial charge in [0, 0.05) is 35.4 Å². The fourth-order valence-corrected chi connectivity index (χ4v) is 2.81. The van der Waals surface area contributed by atoms with E-state index in [-0.39, 0.29) is 0 Å². The van der Waals surface area contributed by atoms with Crippen molar-refractivity contribution >= 4 is 21.6 Å². The minimum absolute atomic E-state index is 0.581. The van der Waals surface area contributed by atoms with Crippen LogP contribution in [-0.4, -0.2) is 32.8 Å². The fourth-order valence-electron chi connectivity index (χ4n) is 2.35. The minimum Gasteiger partial charge on any atom is -0.497 e. The molecular weight excluding hydrogens is 292 g/mol. The Morgan fingerprint density at radius 2 is 2.28 bits per heavy atom. The van der Waals surface area contributed by atoms with Crippen molar-refractivity contribution < 1.29 is 4.74 Å². The predicted octanol–water partition coefficient (Wildman–Crippen LogP) is 3.04. The molecule has 0 saturated carbocycles. The van der Waals surface area contributed by atoms with E-state index >= 15 is 0 Å². The molecule has 1 heterocycles. The quantitative estimate of drug-likeness (QED) is 0.928. The Morgan fingerprint density at radius 3 is 3.00 bits per heavy atom. The highest BCUT2D eigenvalue weighted by Crippen LogP contribution is 2.28. The molecule has 0 radical (unpaired) electrons. The maximum Gasteiger partial charge on any atom is 0.122 e. The molecule has 2 rings (SSSR count). The molecule has 0 bridgehead atoms. The molecule has 0 aromatic heterocycles. The predicted molar refractivity (Wildman–Crippen MR) is 79.6 cm³/mol. The summed E-state index contributed by atoms with van der Waals surface area (Å²) in [6.45, 7) is 5.52. The van der Waals surface area contributed by atoms with E-state index < -0.39 is 0 Å². The van der Waals surface area contributed by atoms with Gasteiger partial charge in [0.15, 0.2) is 0 Å². The first-order valence-electron chi connectivity index (χ1n) is 6.56. The molecule has 3 nitrogen and oxygen atoms in total. The molecule has 1 aromatic rings. The third-order valence-corrected chi connectivity index (χ3v) is 3.89. The number of hydrogen-bond donors (Lipinski definition) is 1. The van der Waals surface area contributed by atoms with E-state index in [4.69, 9.17) is 4.74 Å². The van der Waals surface area contributed by atoms with Crippen LogP contribution in [0.25, 0.3) is 0 Å². The van der Waals surface area contributed by atoms with Crippen molar-refractivity contribution in [3.8, 4) is 5.75 Å². The molecule has 1 atom stereocenters. The molecule has 1 aliphatic rings. The van der Waals surface area contributed by atoms with Crippen molar-refractivity contribution in [3.63, 3.8) is 0 Å². The van der Waals surface area contributed by atoms with Crippen LogP contribution in [0.3, 0.4) is 0 Å². The van der Waals surface area contributed by atoms with E-state index in [1.54, 1.807) is 7.11 Å². The van der Waals surface area contributed by atoms with Gasteiger partial charge in [-0.25, -0.2) is 0 Å². The van der Waals surface area contributed by atoms with Gasteiger partial charge in [0.2, 0.25) is 0 Å². The molecule has 0 amide bonds. The zero-order valence-electron chi connectivity index (χ0n) is 11.1. The summed E-state index contributed by atoms with van der Waals surface area (Å²) in [5.41, 5.74) is 1.24. The Hall–Kier alpha value is -0.740. The van der Waals surface area contributed by atoms with Crippen LogP contribution in [-0.2, 0) is 0 Å². The molecule has 1 aliphatic heterocycles. The number of nitrogens with one attached hydrogen (secondary N) is 1. The summed E-state index contributed by atoms with van der Waals surface area (Å²) in [6, 6.07) is 6.86. The molecule has 1 unspecified atom stereocenters. The zero-order chi connectivity index (χ0) is 13.0. The van der Waals surface area contributed by atoms with E-state index in [0.717, 1.165) is 29.9 Å². The van der Waals surface area contributed by atoms with Crippen LogP contribution in [0, 0.1) is 0 Å². The van der Waals surface area contributed by atoms with Crippen LogP contribution < -0.4 is 15.0 Å². The summed E-state index contributed by atoms with van der Waals surface area (Å²) in [7, 11) is 1.71. The number of anilines is 1. The van der Waals surface area contributed by atoms with E-state index in [2.05, 4.69) is 45.2 Å². The van der Waals surface area contributed by atoms with E-state index in [0.29, 0.717) is 6.04 Å². The Bertz CT molecular complexity index is 397. The third-order valence-electron chi connectivity index (χ3n) is 3.43. The second kappa shape index (κ2) is 6.43. The van der Waals surface area contributed by atoms with Gasteiger partial charge in [0.25, 0.3) is 0 Å². The van der Waals surface area contributed by atoms with Gasteiger partial charge in [-0.3, -0.25) is 0 Å². The van der Waals surface area contributed by atoms with Gasteiger partial charge in [0.1, 0.15) is 5.75 Å². The SMILES string of the molecule is CCC1CN(c2cc(Br)cc(OC)c2)CCCN1. The van der Waals surface area contributed by atoms with Crippen LogP contribution in [0.15, 0.2) is 22.7 Å². The van der Waals surface area contributed by atoms with Crippen LogP contribution in [0.4, 0.5) is 5.69 Å². The Balaban J connectivity index is 2.20. The first-order valence-corrected chi connectivity index (χ1v) is 7.35. The average molecular weight is 313 g/mol. The van der Waals surface area contributed by atoms with Crippen LogP contribution in [0.1, 0.15) is 19.8 Å². The lowest BCUT2D eigenvalue weighted by Crippen LogP contribution is -2.37. The molecule has 1 fully saturated rings. The van der Waals surface area contributed by atoms with Crippen molar-refractivity contribution in [1.82, 2.24) is 5.32 Å². The van der Waals surface area contributed by atoms with Gasteiger partial charge in [-0.15, -0.1) is 0 Å². The average Bonchev–Trinajstić information content (AvgIpc) is 2.63. The van der Waals surface area contributed by atoms with E-state index in [1.165, 1.54) is 18.5 Å². The van der Waals surface area contributed by atoms with Gasteiger partial charge in [0.05, 0.1) is 7.11 Å². The first-order chi connectivity index (χ1) is 8.72. The van der Waals surface area contributed by atoms with Gasteiger partial charge in [-0.05, 0) is 31.5 Å². The molecule has 100 valence electrons. The Kier molecular flexibility index (Phi) is 4.89. The van der Waals surface area contributed by atoms with Crippen LogP contribution in [0.2, 0.25) is 0 Å². The minimum atomic E-state index is 0.581. The molecular formula is C14H21BrN2O. The summed E-state index contributed by atoms with van der Waals surface area (Å²) in [6.07, 6.45) is 2.35. The Morgan fingerprint density at radius 1 is 1.44 bits per heavy atom. The monoisotopic (exact) mass is 312 g/mol. The summed E-state index contributed by atoms with van der Waals surface area (Å²) in [5, 5.41) is 3.59. The van der Waals surface area contributed by atoms with E-state index in [1.807, 2.05) is 6.07 Å². The second-order valence-corrected chi connectivity index (χ2v) is 5.62. The number of rotatable bonds is 3. The normalized spacial score (nSPS) is 20.6. The molecule has 1 N–H and O–H groups in total. The van der Waals surface area contributed by atoms with Gasteiger partial charge in [-0.2, -0.15) is 0 Å². The number of methoxy groups -OCH3 is 1. The van der Waals surface area contributed by atoms with Gasteiger partial charge >= 0.3 is 0 Å². The van der Waals surface area contributed by atoms with Crippen molar-refractivity contribution in [3.05, 3.63) is 22.7 Å². The third kappa shape index (κ3) is 3.39. The molecule has 0 aliphatic carbocycles. The smallest absolute Gasteiger partial charge is 0.122 e.